The van der Waals surface area contributed by atoms with Crippen molar-refractivity contribution in [2.45, 2.75) is 0 Å². The van der Waals surface area contributed by atoms with E-state index in [9.17, 15) is 4.79 Å². The fourth-order valence-corrected chi connectivity index (χ4v) is 1.90. The first-order valence-corrected chi connectivity index (χ1v) is 6.24. The van der Waals surface area contributed by atoms with Crippen molar-refractivity contribution < 1.29 is 14.3 Å². The highest BCUT2D eigenvalue weighted by atomic mass is 35.5. The zero-order valence-electron chi connectivity index (χ0n) is 10.3. The molecule has 1 N–H and O–H groups in total. The lowest BCUT2D eigenvalue weighted by molar-refractivity contribution is -0.116. The SMILES string of the molecule is C=CCNC(=O)/C=C\c1cc(Cl)c2c(c1)OCCO2. The van der Waals surface area contributed by atoms with Crippen molar-refractivity contribution in [2.24, 2.45) is 0 Å². The fraction of sp³-hybridized carbons (Fsp3) is 0.214. The predicted molar refractivity (Wildman–Crippen MR) is 74.7 cm³/mol. The van der Waals surface area contributed by atoms with Crippen LogP contribution in [0.4, 0.5) is 0 Å². The second kappa shape index (κ2) is 6.29. The molecule has 0 saturated carbocycles. The molecule has 5 heteroatoms. The Bertz CT molecular complexity index is 526. The van der Waals surface area contributed by atoms with Crippen molar-refractivity contribution in [3.8, 4) is 11.5 Å². The minimum Gasteiger partial charge on any atom is -0.486 e. The Balaban J connectivity index is 2.13. The lowest BCUT2D eigenvalue weighted by atomic mass is 10.1. The van der Waals surface area contributed by atoms with Crippen LogP contribution in [0.25, 0.3) is 6.08 Å². The summed E-state index contributed by atoms with van der Waals surface area (Å²) in [6, 6.07) is 3.52. The molecule has 0 spiro atoms. The van der Waals surface area contributed by atoms with E-state index in [-0.39, 0.29) is 5.91 Å². The van der Waals surface area contributed by atoms with Crippen molar-refractivity contribution >= 4 is 23.6 Å². The highest BCUT2D eigenvalue weighted by Crippen LogP contribution is 2.38. The zero-order chi connectivity index (χ0) is 13.7. The molecule has 2 rings (SSSR count). The van der Waals surface area contributed by atoms with Gasteiger partial charge in [0, 0.05) is 12.6 Å². The van der Waals surface area contributed by atoms with E-state index in [0.29, 0.717) is 36.3 Å². The average molecular weight is 280 g/mol. The Labute approximate surface area is 116 Å². The van der Waals surface area contributed by atoms with E-state index in [1.165, 1.54) is 6.08 Å². The second-order valence-electron chi connectivity index (χ2n) is 3.89. The summed E-state index contributed by atoms with van der Waals surface area (Å²) in [6.45, 7) is 4.95. The highest BCUT2D eigenvalue weighted by Gasteiger charge is 2.15. The summed E-state index contributed by atoms with van der Waals surface area (Å²) in [5, 5.41) is 3.12. The van der Waals surface area contributed by atoms with Gasteiger partial charge in [0.1, 0.15) is 13.2 Å². The van der Waals surface area contributed by atoms with Crippen LogP contribution in [0.5, 0.6) is 11.5 Å². The van der Waals surface area contributed by atoms with Crippen molar-refractivity contribution in [2.75, 3.05) is 19.8 Å². The molecule has 4 nitrogen and oxygen atoms in total. The molecular weight excluding hydrogens is 266 g/mol. The van der Waals surface area contributed by atoms with Crippen LogP contribution >= 0.6 is 11.6 Å². The number of carbonyl (C=O) groups is 1. The summed E-state index contributed by atoms with van der Waals surface area (Å²) in [5.41, 5.74) is 0.781. The first kappa shape index (κ1) is 13.5. The number of hydrogen-bond donors (Lipinski definition) is 1. The average Bonchev–Trinajstić information content (AvgIpc) is 2.43. The van der Waals surface area contributed by atoms with Crippen LogP contribution in [-0.4, -0.2) is 25.7 Å². The van der Waals surface area contributed by atoms with E-state index < -0.39 is 0 Å². The Morgan fingerprint density at radius 1 is 1.42 bits per heavy atom. The van der Waals surface area contributed by atoms with Crippen LogP contribution in [0.2, 0.25) is 5.02 Å². The van der Waals surface area contributed by atoms with Crippen LogP contribution in [0, 0.1) is 0 Å². The summed E-state index contributed by atoms with van der Waals surface area (Å²) in [4.78, 5) is 11.4. The van der Waals surface area contributed by atoms with Gasteiger partial charge in [-0.25, -0.2) is 0 Å². The minimum atomic E-state index is -0.189. The molecule has 0 saturated heterocycles. The van der Waals surface area contributed by atoms with E-state index in [0.717, 1.165) is 5.56 Å². The fourth-order valence-electron chi connectivity index (χ4n) is 1.63. The Hall–Kier alpha value is -1.94. The Morgan fingerprint density at radius 3 is 3.00 bits per heavy atom. The van der Waals surface area contributed by atoms with Gasteiger partial charge in [-0.05, 0) is 23.8 Å². The third kappa shape index (κ3) is 3.51. The topological polar surface area (TPSA) is 47.6 Å². The van der Waals surface area contributed by atoms with Gasteiger partial charge in [-0.1, -0.05) is 17.7 Å². The quantitative estimate of drug-likeness (QED) is 0.680. The predicted octanol–water partition coefficient (Wildman–Crippen LogP) is 2.43. The monoisotopic (exact) mass is 279 g/mol. The number of fused-ring (bicyclic) bond motifs is 1. The molecule has 0 unspecified atom stereocenters. The standard InChI is InChI=1S/C14H14ClNO3/c1-2-5-16-13(17)4-3-10-8-11(15)14-12(9-10)18-6-7-19-14/h2-4,8-9H,1,5-7H2,(H,16,17)/b4-3-. The van der Waals surface area contributed by atoms with E-state index >= 15 is 0 Å². The summed E-state index contributed by atoms with van der Waals surface area (Å²) >= 11 is 6.09. The molecule has 0 bridgehead atoms. The molecule has 1 aliphatic heterocycles. The first-order valence-electron chi connectivity index (χ1n) is 5.86. The van der Waals surface area contributed by atoms with Gasteiger partial charge in [0.15, 0.2) is 11.5 Å². The van der Waals surface area contributed by atoms with Crippen LogP contribution in [0.3, 0.4) is 0 Å². The van der Waals surface area contributed by atoms with Crippen molar-refractivity contribution in [3.63, 3.8) is 0 Å². The van der Waals surface area contributed by atoms with Crippen LogP contribution in [-0.2, 0) is 4.79 Å². The van der Waals surface area contributed by atoms with Gasteiger partial charge in [-0.2, -0.15) is 0 Å². The molecule has 0 aromatic heterocycles. The van der Waals surface area contributed by atoms with Crippen LogP contribution in [0.15, 0.2) is 30.9 Å². The Kier molecular flexibility index (Phi) is 4.47. The van der Waals surface area contributed by atoms with Gasteiger partial charge >= 0.3 is 0 Å². The van der Waals surface area contributed by atoms with Gasteiger partial charge < -0.3 is 14.8 Å². The lowest BCUT2D eigenvalue weighted by Crippen LogP contribution is -2.20. The molecule has 19 heavy (non-hydrogen) atoms. The van der Waals surface area contributed by atoms with Gasteiger partial charge in [-0.15, -0.1) is 6.58 Å². The molecule has 0 fully saturated rings. The number of benzene rings is 1. The van der Waals surface area contributed by atoms with Crippen molar-refractivity contribution in [3.05, 3.63) is 41.4 Å². The minimum absolute atomic E-state index is 0.189. The number of carbonyl (C=O) groups excluding carboxylic acids is 1. The van der Waals surface area contributed by atoms with E-state index in [1.54, 1.807) is 24.3 Å². The maximum Gasteiger partial charge on any atom is 0.244 e. The van der Waals surface area contributed by atoms with Gasteiger partial charge in [0.2, 0.25) is 5.91 Å². The van der Waals surface area contributed by atoms with Gasteiger partial charge in [0.25, 0.3) is 0 Å². The molecule has 0 radical (unpaired) electrons. The molecule has 0 aliphatic carbocycles. The highest BCUT2D eigenvalue weighted by molar-refractivity contribution is 6.32. The third-order valence-electron chi connectivity index (χ3n) is 2.47. The zero-order valence-corrected chi connectivity index (χ0v) is 11.1. The van der Waals surface area contributed by atoms with Crippen molar-refractivity contribution in [1.82, 2.24) is 5.32 Å². The molecule has 0 atom stereocenters. The maximum atomic E-state index is 11.4. The molecule has 1 aromatic carbocycles. The molecule has 100 valence electrons. The number of nitrogens with one attached hydrogen (secondary N) is 1. The number of ether oxygens (including phenoxy) is 2. The number of amides is 1. The molecule has 1 aromatic rings. The van der Waals surface area contributed by atoms with Crippen LogP contribution < -0.4 is 14.8 Å². The molecular formula is C14H14ClNO3. The summed E-state index contributed by atoms with van der Waals surface area (Å²) in [5.74, 6) is 0.969. The van der Waals surface area contributed by atoms with E-state index in [1.807, 2.05) is 0 Å². The molecule has 1 heterocycles. The Morgan fingerprint density at radius 2 is 2.21 bits per heavy atom. The van der Waals surface area contributed by atoms with Gasteiger partial charge in [0.05, 0.1) is 5.02 Å². The number of hydrogen-bond acceptors (Lipinski definition) is 3. The first-order chi connectivity index (χ1) is 9.20. The van der Waals surface area contributed by atoms with Crippen molar-refractivity contribution in [1.29, 1.82) is 0 Å². The molecule has 1 amide bonds. The summed E-state index contributed by atoms with van der Waals surface area (Å²) in [7, 11) is 0. The second-order valence-corrected chi connectivity index (χ2v) is 4.30. The number of halogens is 1. The smallest absolute Gasteiger partial charge is 0.244 e. The van der Waals surface area contributed by atoms with Gasteiger partial charge in [-0.3, -0.25) is 4.79 Å². The molecule has 1 aliphatic rings. The van der Waals surface area contributed by atoms with E-state index in [2.05, 4.69) is 11.9 Å². The third-order valence-corrected chi connectivity index (χ3v) is 2.75. The van der Waals surface area contributed by atoms with Crippen LogP contribution in [0.1, 0.15) is 5.56 Å². The summed E-state index contributed by atoms with van der Waals surface area (Å²) < 4.78 is 10.9. The largest absolute Gasteiger partial charge is 0.486 e. The lowest BCUT2D eigenvalue weighted by Gasteiger charge is -2.19. The normalized spacial score (nSPS) is 13.3. The number of rotatable bonds is 4. The summed E-state index contributed by atoms with van der Waals surface area (Å²) in [6.07, 6.45) is 4.72. The van der Waals surface area contributed by atoms with E-state index in [4.69, 9.17) is 21.1 Å². The maximum absolute atomic E-state index is 11.4.